The molecule has 88 heavy (non-hydrogen) atoms. The fourth-order valence-electron chi connectivity index (χ4n) is 11.3. The summed E-state index contributed by atoms with van der Waals surface area (Å²) in [5.41, 5.74) is 0. The van der Waals surface area contributed by atoms with E-state index in [9.17, 15) is 30.3 Å². The van der Waals surface area contributed by atoms with Crippen molar-refractivity contribution in [1.82, 2.24) is 5.32 Å². The van der Waals surface area contributed by atoms with Crippen LogP contribution in [0.4, 0.5) is 0 Å². The van der Waals surface area contributed by atoms with Crippen molar-refractivity contribution in [1.29, 1.82) is 0 Å². The van der Waals surface area contributed by atoms with Gasteiger partial charge in [0.2, 0.25) is 5.91 Å². The lowest BCUT2D eigenvalue weighted by atomic mass is 9.99. The van der Waals surface area contributed by atoms with Crippen LogP contribution in [0.25, 0.3) is 0 Å². The van der Waals surface area contributed by atoms with Gasteiger partial charge in [0, 0.05) is 6.42 Å². The van der Waals surface area contributed by atoms with Gasteiger partial charge in [0.05, 0.1) is 25.4 Å². The summed E-state index contributed by atoms with van der Waals surface area (Å²) in [7, 11) is 0. The Morgan fingerprint density at radius 1 is 0.398 bits per heavy atom. The first-order valence-corrected chi connectivity index (χ1v) is 37.1. The number of unbranched alkanes of at least 4 members (excludes halogenated alkanes) is 38. The van der Waals surface area contributed by atoms with Crippen molar-refractivity contribution in [2.45, 2.75) is 371 Å². The number of ether oxygens (including phenoxy) is 2. The van der Waals surface area contributed by atoms with Crippen LogP contribution < -0.4 is 5.32 Å². The van der Waals surface area contributed by atoms with Crippen molar-refractivity contribution < 1.29 is 39.8 Å². The minimum atomic E-state index is -1.58. The van der Waals surface area contributed by atoms with Crippen LogP contribution in [0.1, 0.15) is 328 Å². The lowest BCUT2D eigenvalue weighted by Crippen LogP contribution is -2.60. The molecule has 0 saturated carbocycles. The zero-order valence-corrected chi connectivity index (χ0v) is 57.0. The first-order chi connectivity index (χ1) is 43.3. The highest BCUT2D eigenvalue weighted by Crippen LogP contribution is 2.23. The third-order valence-electron chi connectivity index (χ3n) is 17.1. The fraction of sp³-hybridized carbons (Fsp3) is 0.759. The minimum Gasteiger partial charge on any atom is -0.394 e. The Morgan fingerprint density at radius 2 is 0.716 bits per heavy atom. The van der Waals surface area contributed by atoms with Crippen molar-refractivity contribution in [3.8, 4) is 0 Å². The molecule has 1 fully saturated rings. The molecule has 7 atom stereocenters. The van der Waals surface area contributed by atoms with Crippen LogP contribution in [0, 0.1) is 0 Å². The van der Waals surface area contributed by atoms with E-state index in [0.717, 1.165) is 83.5 Å². The van der Waals surface area contributed by atoms with E-state index in [1.54, 1.807) is 6.08 Å². The van der Waals surface area contributed by atoms with Gasteiger partial charge in [-0.3, -0.25) is 4.79 Å². The predicted molar refractivity (Wildman–Crippen MR) is 377 cm³/mol. The number of allylic oxidation sites excluding steroid dienone is 17. The number of hydrogen-bond acceptors (Lipinski definition) is 8. The maximum Gasteiger partial charge on any atom is 0.220 e. The Morgan fingerprint density at radius 3 is 1.09 bits per heavy atom. The molecule has 0 radical (unpaired) electrons. The second kappa shape index (κ2) is 66.8. The molecule has 1 aliphatic rings. The number of aliphatic hydroxyl groups is 5. The number of hydrogen-bond donors (Lipinski definition) is 6. The molecule has 0 spiro atoms. The SMILES string of the molecule is CC/C=C\C/C=C\C/C=C\C/C=C\C/C=C\C/C=C\CCCCCCCCCCCCCCCCCCCCC(=O)NC(COC1OC(CO)C(O)C(O)C1O)C(O)/C=C/CC/C=C/CC/C=C/CCCCCCCCCCCCCCCCCCCC. The van der Waals surface area contributed by atoms with E-state index in [1.807, 2.05) is 6.08 Å². The molecule has 1 rings (SSSR count). The van der Waals surface area contributed by atoms with Gasteiger partial charge in [0.1, 0.15) is 24.4 Å². The largest absolute Gasteiger partial charge is 0.394 e. The molecule has 1 aliphatic heterocycles. The fourth-order valence-corrected chi connectivity index (χ4v) is 11.3. The average molecular weight is 1230 g/mol. The zero-order valence-electron chi connectivity index (χ0n) is 57.0. The molecule has 0 aromatic rings. The van der Waals surface area contributed by atoms with E-state index in [2.05, 4.69) is 116 Å². The number of rotatable bonds is 64. The molecule has 9 heteroatoms. The molecule has 1 amide bonds. The van der Waals surface area contributed by atoms with Crippen LogP contribution in [0.2, 0.25) is 0 Å². The van der Waals surface area contributed by atoms with E-state index < -0.39 is 49.5 Å². The van der Waals surface area contributed by atoms with Gasteiger partial charge in [-0.1, -0.05) is 335 Å². The molecular formula is C79H139NO8. The highest BCUT2D eigenvalue weighted by atomic mass is 16.7. The van der Waals surface area contributed by atoms with Gasteiger partial charge in [-0.2, -0.15) is 0 Å². The molecule has 0 bridgehead atoms. The first-order valence-electron chi connectivity index (χ1n) is 37.1. The standard InChI is InChI=1S/C79H139NO8/c1-3-5-7-9-11-13-15-17-19-21-23-25-27-29-31-33-34-35-36-37-38-39-40-41-43-45-47-49-51-53-55-57-59-61-63-65-67-69-75(83)80-72(71-87-79-78(86)77(85)76(84)74(70-81)88-79)73(82)68-66-64-62-60-58-56-54-52-50-48-46-44-42-32-30-28-26-24-22-20-18-16-14-12-10-8-6-4-2/h5,7,11,13,17,19,23,25,29,31,34-35,50,52,58,60,66,68,72-74,76-79,81-82,84-86H,3-4,6,8-10,12,14-16,18,20-22,24,26-28,30,32-33,36-49,51,53-57,59,61-65,67,69-71H2,1-2H3,(H,80,83)/b7-5-,13-11-,19-17-,25-23-,31-29-,35-34-,52-50+,60-58+,68-66+. The molecule has 0 aromatic carbocycles. The van der Waals surface area contributed by atoms with Gasteiger partial charge in [-0.15, -0.1) is 0 Å². The Hall–Kier alpha value is -3.15. The van der Waals surface area contributed by atoms with E-state index in [0.29, 0.717) is 6.42 Å². The Bertz CT molecular complexity index is 1760. The van der Waals surface area contributed by atoms with Crippen LogP contribution in [0.5, 0.6) is 0 Å². The number of nitrogens with one attached hydrogen (secondary N) is 1. The third-order valence-corrected chi connectivity index (χ3v) is 17.1. The molecule has 508 valence electrons. The van der Waals surface area contributed by atoms with Gasteiger partial charge in [0.25, 0.3) is 0 Å². The van der Waals surface area contributed by atoms with Gasteiger partial charge < -0.3 is 40.3 Å². The van der Waals surface area contributed by atoms with Crippen LogP contribution in [0.15, 0.2) is 109 Å². The van der Waals surface area contributed by atoms with Crippen molar-refractivity contribution in [2.75, 3.05) is 13.2 Å². The maximum absolute atomic E-state index is 13.1. The highest BCUT2D eigenvalue weighted by molar-refractivity contribution is 5.76. The first kappa shape index (κ1) is 82.9. The monoisotopic (exact) mass is 1230 g/mol. The molecule has 9 nitrogen and oxygen atoms in total. The molecule has 7 unspecified atom stereocenters. The molecule has 0 aromatic heterocycles. The summed E-state index contributed by atoms with van der Waals surface area (Å²) in [6, 6.07) is -0.835. The number of aliphatic hydroxyl groups excluding tert-OH is 5. The molecule has 1 saturated heterocycles. The van der Waals surface area contributed by atoms with E-state index in [4.69, 9.17) is 9.47 Å². The third kappa shape index (κ3) is 54.6. The lowest BCUT2D eigenvalue weighted by Gasteiger charge is -2.40. The lowest BCUT2D eigenvalue weighted by molar-refractivity contribution is -0.302. The summed E-state index contributed by atoms with van der Waals surface area (Å²) in [4.78, 5) is 13.1. The Balaban J connectivity index is 2.13. The molecular weight excluding hydrogens is 1090 g/mol. The quantitative estimate of drug-likeness (QED) is 0.0261. The molecule has 6 N–H and O–H groups in total. The van der Waals surface area contributed by atoms with Crippen LogP contribution >= 0.6 is 0 Å². The summed E-state index contributed by atoms with van der Waals surface area (Å²) in [5, 5.41) is 54.8. The van der Waals surface area contributed by atoms with Gasteiger partial charge >= 0.3 is 0 Å². The van der Waals surface area contributed by atoms with Crippen LogP contribution in [0.3, 0.4) is 0 Å². The van der Waals surface area contributed by atoms with Crippen molar-refractivity contribution in [2.24, 2.45) is 0 Å². The highest BCUT2D eigenvalue weighted by Gasteiger charge is 2.44. The molecule has 1 heterocycles. The normalized spacial score (nSPS) is 18.6. The second-order valence-electron chi connectivity index (χ2n) is 25.3. The summed E-state index contributed by atoms with van der Waals surface area (Å²) >= 11 is 0. The summed E-state index contributed by atoms with van der Waals surface area (Å²) in [6.07, 6.45) is 92.1. The summed E-state index contributed by atoms with van der Waals surface area (Å²) in [5.74, 6) is -0.189. The average Bonchev–Trinajstić information content (AvgIpc) is 3.29. The van der Waals surface area contributed by atoms with Crippen molar-refractivity contribution in [3.63, 3.8) is 0 Å². The smallest absolute Gasteiger partial charge is 0.220 e. The van der Waals surface area contributed by atoms with E-state index in [-0.39, 0.29) is 12.5 Å². The summed E-state index contributed by atoms with van der Waals surface area (Å²) < 4.78 is 11.3. The molecule has 0 aliphatic carbocycles. The number of carbonyl (C=O) groups excluding carboxylic acids is 1. The summed E-state index contributed by atoms with van der Waals surface area (Å²) in [6.45, 7) is 3.68. The topological polar surface area (TPSA) is 149 Å². The van der Waals surface area contributed by atoms with Gasteiger partial charge in [-0.25, -0.2) is 0 Å². The zero-order chi connectivity index (χ0) is 63.5. The van der Waals surface area contributed by atoms with Crippen molar-refractivity contribution >= 4 is 5.91 Å². The number of carbonyl (C=O) groups is 1. The minimum absolute atomic E-state index is 0.189. The van der Waals surface area contributed by atoms with Crippen LogP contribution in [-0.2, 0) is 14.3 Å². The number of amides is 1. The van der Waals surface area contributed by atoms with Crippen LogP contribution in [-0.4, -0.2) is 87.5 Å². The van der Waals surface area contributed by atoms with E-state index >= 15 is 0 Å². The van der Waals surface area contributed by atoms with Gasteiger partial charge in [0.15, 0.2) is 6.29 Å². The van der Waals surface area contributed by atoms with E-state index in [1.165, 1.54) is 225 Å². The Kier molecular flexibility index (Phi) is 62.9. The second-order valence-corrected chi connectivity index (χ2v) is 25.3. The predicted octanol–water partition coefficient (Wildman–Crippen LogP) is 20.8. The van der Waals surface area contributed by atoms with Gasteiger partial charge in [-0.05, 0) is 96.3 Å². The van der Waals surface area contributed by atoms with Crippen molar-refractivity contribution in [3.05, 3.63) is 109 Å². The Labute approximate surface area is 542 Å². The maximum atomic E-state index is 13.1.